The first-order valence-corrected chi connectivity index (χ1v) is 13.0. The number of nitrogens with zero attached hydrogens (tertiary/aromatic N) is 2. The number of amides is 1. The Morgan fingerprint density at radius 1 is 0.943 bits per heavy atom. The van der Waals surface area contributed by atoms with Gasteiger partial charge in [-0.25, -0.2) is 8.42 Å². The van der Waals surface area contributed by atoms with Crippen LogP contribution in [0.5, 0.6) is 5.75 Å². The minimum Gasteiger partial charge on any atom is -0.497 e. The van der Waals surface area contributed by atoms with Crippen molar-refractivity contribution >= 4 is 53.9 Å². The van der Waals surface area contributed by atoms with Crippen LogP contribution in [0.25, 0.3) is 21.0 Å². The van der Waals surface area contributed by atoms with Gasteiger partial charge in [0, 0.05) is 23.7 Å². The molecule has 0 unspecified atom stereocenters. The topological polar surface area (TPSA) is 89.8 Å². The zero-order valence-corrected chi connectivity index (χ0v) is 20.6. The third-order valence-corrected chi connectivity index (χ3v) is 8.23. The number of aromatic nitrogens is 1. The van der Waals surface area contributed by atoms with Crippen LogP contribution in [0.15, 0.2) is 94.8 Å². The number of carbonyl (C=O) groups is 1. The lowest BCUT2D eigenvalue weighted by Crippen LogP contribution is -2.14. The van der Waals surface area contributed by atoms with E-state index in [-0.39, 0.29) is 4.90 Å². The molecule has 0 spiro atoms. The minimum atomic E-state index is -3.77. The Kier molecular flexibility index (Phi) is 5.88. The van der Waals surface area contributed by atoms with Crippen molar-refractivity contribution in [2.24, 2.45) is 12.0 Å². The van der Waals surface area contributed by atoms with E-state index < -0.39 is 15.9 Å². The van der Waals surface area contributed by atoms with E-state index in [2.05, 4.69) is 27.9 Å². The number of nitrogens with one attached hydrogen (secondary N) is 1. The first kappa shape index (κ1) is 22.8. The second-order valence-corrected chi connectivity index (χ2v) is 10.5. The first-order chi connectivity index (χ1) is 16.9. The quantitative estimate of drug-likeness (QED) is 0.368. The fraction of sp³-hybridized carbons (Fsp3) is 0.0769. The van der Waals surface area contributed by atoms with Crippen LogP contribution in [0.4, 0.5) is 5.69 Å². The van der Waals surface area contributed by atoms with Gasteiger partial charge < -0.3 is 9.30 Å². The van der Waals surface area contributed by atoms with Gasteiger partial charge in [-0.05, 0) is 60.0 Å². The average molecular weight is 504 g/mol. The summed E-state index contributed by atoms with van der Waals surface area (Å²) in [5, 5.41) is 2.25. The molecule has 4 aromatic carbocycles. The van der Waals surface area contributed by atoms with Crippen molar-refractivity contribution in [1.29, 1.82) is 0 Å². The number of thiazole rings is 1. The number of hydrogen-bond donors (Lipinski definition) is 1. The molecule has 0 fully saturated rings. The summed E-state index contributed by atoms with van der Waals surface area (Å²) in [5.41, 5.74) is 1.71. The van der Waals surface area contributed by atoms with E-state index in [9.17, 15) is 13.2 Å². The maximum absolute atomic E-state index is 12.9. The maximum atomic E-state index is 12.9. The lowest BCUT2D eigenvalue weighted by atomic mass is 10.1. The molecule has 0 aliphatic rings. The van der Waals surface area contributed by atoms with Crippen molar-refractivity contribution in [2.75, 3.05) is 11.8 Å². The van der Waals surface area contributed by atoms with Crippen LogP contribution in [-0.2, 0) is 17.1 Å². The van der Waals surface area contributed by atoms with E-state index in [1.807, 2.05) is 29.8 Å². The van der Waals surface area contributed by atoms with Crippen LogP contribution in [0.3, 0.4) is 0 Å². The van der Waals surface area contributed by atoms with Crippen LogP contribution >= 0.6 is 11.3 Å². The lowest BCUT2D eigenvalue weighted by molar-refractivity contribution is 0.0998. The highest BCUT2D eigenvalue weighted by molar-refractivity contribution is 7.92. The Hall–Kier alpha value is -3.95. The zero-order valence-electron chi connectivity index (χ0n) is 18.9. The highest BCUT2D eigenvalue weighted by Crippen LogP contribution is 2.27. The lowest BCUT2D eigenvalue weighted by Gasteiger charge is -2.09. The van der Waals surface area contributed by atoms with Crippen molar-refractivity contribution in [3.05, 3.63) is 95.3 Å². The molecule has 5 aromatic rings. The van der Waals surface area contributed by atoms with Crippen molar-refractivity contribution in [2.45, 2.75) is 4.90 Å². The number of methoxy groups -OCH3 is 1. The molecule has 0 saturated heterocycles. The van der Waals surface area contributed by atoms with Gasteiger partial charge in [0.05, 0.1) is 22.2 Å². The molecule has 1 heterocycles. The monoisotopic (exact) mass is 503 g/mol. The van der Waals surface area contributed by atoms with Gasteiger partial charge in [0.1, 0.15) is 5.75 Å². The number of carbonyl (C=O) groups excluding carboxylic acids is 1. The third kappa shape index (κ3) is 4.43. The number of rotatable bonds is 5. The fourth-order valence-electron chi connectivity index (χ4n) is 3.76. The predicted molar refractivity (Wildman–Crippen MR) is 138 cm³/mol. The second kappa shape index (κ2) is 9.01. The van der Waals surface area contributed by atoms with Gasteiger partial charge in [-0.1, -0.05) is 41.7 Å². The Morgan fingerprint density at radius 2 is 1.66 bits per heavy atom. The van der Waals surface area contributed by atoms with Gasteiger partial charge in [-0.15, -0.1) is 0 Å². The molecule has 0 bridgehead atoms. The molecule has 0 radical (unpaired) electrons. The van der Waals surface area contributed by atoms with Crippen molar-refractivity contribution < 1.29 is 17.9 Å². The molecule has 7 nitrogen and oxygen atoms in total. The van der Waals surface area contributed by atoms with Crippen LogP contribution in [0.1, 0.15) is 10.4 Å². The van der Waals surface area contributed by atoms with E-state index >= 15 is 0 Å². The SMILES string of the molecule is COc1ccc(S(=O)(=O)Nc2ccc(C(=O)N=c3sc4c5ccccc5ccc4n3C)cc2)cc1. The average Bonchev–Trinajstić information content (AvgIpc) is 3.19. The first-order valence-electron chi connectivity index (χ1n) is 10.7. The molecule has 35 heavy (non-hydrogen) atoms. The highest BCUT2D eigenvalue weighted by atomic mass is 32.2. The molecule has 5 rings (SSSR count). The van der Waals surface area contributed by atoms with E-state index in [4.69, 9.17) is 4.74 Å². The predicted octanol–water partition coefficient (Wildman–Crippen LogP) is 4.94. The number of hydrogen-bond acceptors (Lipinski definition) is 5. The molecular weight excluding hydrogens is 482 g/mol. The molecule has 0 atom stereocenters. The number of fused-ring (bicyclic) bond motifs is 3. The van der Waals surface area contributed by atoms with Crippen LogP contribution in [0, 0.1) is 0 Å². The van der Waals surface area contributed by atoms with Gasteiger partial charge in [0.15, 0.2) is 4.80 Å². The summed E-state index contributed by atoms with van der Waals surface area (Å²) < 4.78 is 35.8. The smallest absolute Gasteiger partial charge is 0.279 e. The molecule has 1 amide bonds. The van der Waals surface area contributed by atoms with Gasteiger partial charge in [0.2, 0.25) is 0 Å². The molecular formula is C26H21N3O4S2. The number of benzene rings is 4. The molecule has 176 valence electrons. The van der Waals surface area contributed by atoms with Gasteiger partial charge in [0.25, 0.3) is 15.9 Å². The highest BCUT2D eigenvalue weighted by Gasteiger charge is 2.15. The largest absolute Gasteiger partial charge is 0.497 e. The summed E-state index contributed by atoms with van der Waals surface area (Å²) in [6.45, 7) is 0. The molecule has 9 heteroatoms. The minimum absolute atomic E-state index is 0.109. The van der Waals surface area contributed by atoms with Gasteiger partial charge in [-0.3, -0.25) is 9.52 Å². The van der Waals surface area contributed by atoms with Crippen molar-refractivity contribution in [1.82, 2.24) is 4.57 Å². The number of aryl methyl sites for hydroxylation is 1. The molecule has 1 N–H and O–H groups in total. The van der Waals surface area contributed by atoms with E-state index in [0.717, 1.165) is 21.0 Å². The standard InChI is InChI=1S/C26H21N3O4S2/c1-29-23-16-9-17-5-3-4-6-22(17)24(23)34-26(29)27-25(30)18-7-10-19(11-8-18)28-35(31,32)21-14-12-20(33-2)13-15-21/h3-16,28H,1-2H3. The molecule has 0 aliphatic heterocycles. The second-order valence-electron chi connectivity index (χ2n) is 7.85. The van der Waals surface area contributed by atoms with Crippen LogP contribution in [-0.4, -0.2) is 26.0 Å². The molecule has 0 aliphatic carbocycles. The summed E-state index contributed by atoms with van der Waals surface area (Å²) in [7, 11) is -0.375. The van der Waals surface area contributed by atoms with E-state index in [0.29, 0.717) is 21.8 Å². The number of ether oxygens (including phenoxy) is 1. The molecule has 1 aromatic heterocycles. The summed E-state index contributed by atoms with van der Waals surface area (Å²) in [6, 6.07) is 24.5. The third-order valence-electron chi connectivity index (χ3n) is 5.65. The summed E-state index contributed by atoms with van der Waals surface area (Å²) in [5.74, 6) is 0.164. The van der Waals surface area contributed by atoms with Crippen LogP contribution in [0.2, 0.25) is 0 Å². The Bertz CT molecular complexity index is 1730. The Labute approximate surface area is 206 Å². The van der Waals surface area contributed by atoms with Gasteiger partial charge in [-0.2, -0.15) is 4.99 Å². The normalized spacial score (nSPS) is 12.2. The van der Waals surface area contributed by atoms with E-state index in [1.165, 1.54) is 30.6 Å². The van der Waals surface area contributed by atoms with Crippen molar-refractivity contribution in [3.8, 4) is 5.75 Å². The van der Waals surface area contributed by atoms with Crippen molar-refractivity contribution in [3.63, 3.8) is 0 Å². The molecule has 0 saturated carbocycles. The maximum Gasteiger partial charge on any atom is 0.279 e. The number of anilines is 1. The summed E-state index contributed by atoms with van der Waals surface area (Å²) in [6.07, 6.45) is 0. The zero-order chi connectivity index (χ0) is 24.6. The van der Waals surface area contributed by atoms with Crippen LogP contribution < -0.4 is 14.3 Å². The Balaban J connectivity index is 1.40. The van der Waals surface area contributed by atoms with E-state index in [1.54, 1.807) is 36.4 Å². The number of sulfonamides is 1. The Morgan fingerprint density at radius 3 is 2.37 bits per heavy atom. The fourth-order valence-corrected chi connectivity index (χ4v) is 5.98. The summed E-state index contributed by atoms with van der Waals surface area (Å²) in [4.78, 5) is 17.9. The van der Waals surface area contributed by atoms with Gasteiger partial charge >= 0.3 is 0 Å². The summed E-state index contributed by atoms with van der Waals surface area (Å²) >= 11 is 1.46.